The summed E-state index contributed by atoms with van der Waals surface area (Å²) in [5.74, 6) is 0.813. The van der Waals surface area contributed by atoms with Crippen LogP contribution in [-0.2, 0) is 13.0 Å². The quantitative estimate of drug-likeness (QED) is 0.920. The first-order chi connectivity index (χ1) is 8.69. The lowest BCUT2D eigenvalue weighted by Crippen LogP contribution is -2.10. The average Bonchev–Trinajstić information content (AvgIpc) is 2.32. The molecule has 0 spiro atoms. The normalized spacial score (nSPS) is 10.6. The van der Waals surface area contributed by atoms with Crippen LogP contribution in [0.1, 0.15) is 22.8 Å². The lowest BCUT2D eigenvalue weighted by Gasteiger charge is -2.07. The Labute approximate surface area is 112 Å². The number of nitrogens with one attached hydrogen (secondary N) is 1. The van der Waals surface area contributed by atoms with E-state index < -0.39 is 0 Å². The molecule has 1 heterocycles. The standard InChI is InChI=1S/C14H16ClN3/c1-10-7-12(9-16-2)18-14(17-10)8-11-5-3-4-6-13(11)15/h3-7,16H,8-9H2,1-2H3. The molecule has 3 nitrogen and oxygen atoms in total. The summed E-state index contributed by atoms with van der Waals surface area (Å²) in [7, 11) is 1.91. The van der Waals surface area contributed by atoms with Crippen molar-refractivity contribution in [1.82, 2.24) is 15.3 Å². The molecule has 4 heteroatoms. The summed E-state index contributed by atoms with van der Waals surface area (Å²) in [5.41, 5.74) is 3.05. The molecular formula is C14H16ClN3. The molecule has 0 atom stereocenters. The monoisotopic (exact) mass is 261 g/mol. The summed E-state index contributed by atoms with van der Waals surface area (Å²) in [6, 6.07) is 9.79. The Bertz CT molecular complexity index is 540. The summed E-state index contributed by atoms with van der Waals surface area (Å²) >= 11 is 6.15. The fraction of sp³-hybridized carbons (Fsp3) is 0.286. The van der Waals surface area contributed by atoms with Crippen LogP contribution in [0.2, 0.25) is 5.02 Å². The number of nitrogens with zero attached hydrogens (tertiary/aromatic N) is 2. The van der Waals surface area contributed by atoms with E-state index in [1.54, 1.807) is 0 Å². The lowest BCUT2D eigenvalue weighted by atomic mass is 10.1. The Morgan fingerprint density at radius 2 is 2.00 bits per heavy atom. The van der Waals surface area contributed by atoms with Gasteiger partial charge in [-0.2, -0.15) is 0 Å². The molecule has 0 bridgehead atoms. The molecule has 0 unspecified atom stereocenters. The van der Waals surface area contributed by atoms with E-state index in [1.165, 1.54) is 0 Å². The van der Waals surface area contributed by atoms with Crippen molar-refractivity contribution < 1.29 is 0 Å². The average molecular weight is 262 g/mol. The van der Waals surface area contributed by atoms with Gasteiger partial charge in [0.25, 0.3) is 0 Å². The van der Waals surface area contributed by atoms with Gasteiger partial charge < -0.3 is 5.32 Å². The SMILES string of the molecule is CNCc1cc(C)nc(Cc2ccccc2Cl)n1. The maximum atomic E-state index is 6.15. The molecule has 18 heavy (non-hydrogen) atoms. The number of halogens is 1. The largest absolute Gasteiger partial charge is 0.314 e. The van der Waals surface area contributed by atoms with Gasteiger partial charge in [0.15, 0.2) is 0 Å². The van der Waals surface area contributed by atoms with Gasteiger partial charge >= 0.3 is 0 Å². The van der Waals surface area contributed by atoms with Gasteiger partial charge in [-0.05, 0) is 31.7 Å². The van der Waals surface area contributed by atoms with E-state index in [9.17, 15) is 0 Å². The first kappa shape index (κ1) is 13.0. The number of rotatable bonds is 4. The smallest absolute Gasteiger partial charge is 0.133 e. The van der Waals surface area contributed by atoms with Gasteiger partial charge in [-0.1, -0.05) is 29.8 Å². The van der Waals surface area contributed by atoms with Crippen molar-refractivity contribution in [3.8, 4) is 0 Å². The molecular weight excluding hydrogens is 246 g/mol. The van der Waals surface area contributed by atoms with Gasteiger partial charge in [0.1, 0.15) is 5.82 Å². The molecule has 0 saturated heterocycles. The minimum Gasteiger partial charge on any atom is -0.314 e. The first-order valence-electron chi connectivity index (χ1n) is 5.90. The Balaban J connectivity index is 2.26. The van der Waals surface area contributed by atoms with E-state index in [-0.39, 0.29) is 0 Å². The zero-order chi connectivity index (χ0) is 13.0. The van der Waals surface area contributed by atoms with Crippen LogP contribution in [-0.4, -0.2) is 17.0 Å². The molecule has 0 aliphatic carbocycles. The molecule has 0 aliphatic heterocycles. The fourth-order valence-corrected chi connectivity index (χ4v) is 2.07. The van der Waals surface area contributed by atoms with Crippen LogP contribution in [0.25, 0.3) is 0 Å². The number of aryl methyl sites for hydroxylation is 1. The molecule has 1 N–H and O–H groups in total. The molecule has 2 aromatic rings. The highest BCUT2D eigenvalue weighted by molar-refractivity contribution is 6.31. The van der Waals surface area contributed by atoms with E-state index in [0.717, 1.165) is 34.3 Å². The fourth-order valence-electron chi connectivity index (χ4n) is 1.86. The van der Waals surface area contributed by atoms with E-state index >= 15 is 0 Å². The van der Waals surface area contributed by atoms with Crippen molar-refractivity contribution in [3.05, 3.63) is 58.1 Å². The zero-order valence-corrected chi connectivity index (χ0v) is 11.3. The van der Waals surface area contributed by atoms with E-state index in [0.29, 0.717) is 6.42 Å². The Kier molecular flexibility index (Phi) is 4.28. The number of hydrogen-bond acceptors (Lipinski definition) is 3. The third kappa shape index (κ3) is 3.28. The Hall–Kier alpha value is -1.45. The van der Waals surface area contributed by atoms with Gasteiger partial charge in [0.05, 0.1) is 5.69 Å². The van der Waals surface area contributed by atoms with Crippen LogP contribution in [0, 0.1) is 6.92 Å². The molecule has 0 amide bonds. The third-order valence-corrected chi connectivity index (χ3v) is 2.99. The van der Waals surface area contributed by atoms with Gasteiger partial charge in [-0.25, -0.2) is 9.97 Å². The Morgan fingerprint density at radius 3 is 2.72 bits per heavy atom. The van der Waals surface area contributed by atoms with Crippen molar-refractivity contribution in [1.29, 1.82) is 0 Å². The summed E-state index contributed by atoms with van der Waals surface area (Å²) in [6.45, 7) is 2.73. The number of aromatic nitrogens is 2. The van der Waals surface area contributed by atoms with Gasteiger partial charge in [0, 0.05) is 23.7 Å². The molecule has 1 aromatic heterocycles. The van der Waals surface area contributed by atoms with Gasteiger partial charge in [-0.15, -0.1) is 0 Å². The van der Waals surface area contributed by atoms with E-state index in [1.807, 2.05) is 44.3 Å². The van der Waals surface area contributed by atoms with Crippen molar-refractivity contribution in [2.24, 2.45) is 0 Å². The number of hydrogen-bond donors (Lipinski definition) is 1. The first-order valence-corrected chi connectivity index (χ1v) is 6.28. The molecule has 0 radical (unpaired) electrons. The predicted octanol–water partition coefficient (Wildman–Crippen LogP) is 2.75. The third-order valence-electron chi connectivity index (χ3n) is 2.62. The van der Waals surface area contributed by atoms with Crippen LogP contribution < -0.4 is 5.32 Å². The second kappa shape index (κ2) is 5.94. The molecule has 0 saturated carbocycles. The Morgan fingerprint density at radius 1 is 1.22 bits per heavy atom. The van der Waals surface area contributed by atoms with E-state index in [2.05, 4.69) is 15.3 Å². The van der Waals surface area contributed by atoms with E-state index in [4.69, 9.17) is 11.6 Å². The second-order valence-electron chi connectivity index (χ2n) is 4.22. The maximum absolute atomic E-state index is 6.15. The highest BCUT2D eigenvalue weighted by Crippen LogP contribution is 2.17. The van der Waals surface area contributed by atoms with Crippen LogP contribution in [0.3, 0.4) is 0 Å². The highest BCUT2D eigenvalue weighted by atomic mass is 35.5. The van der Waals surface area contributed by atoms with Gasteiger partial charge in [-0.3, -0.25) is 0 Å². The summed E-state index contributed by atoms with van der Waals surface area (Å²) in [5, 5.41) is 3.86. The summed E-state index contributed by atoms with van der Waals surface area (Å²) in [6.07, 6.45) is 0.665. The molecule has 0 fully saturated rings. The van der Waals surface area contributed by atoms with Crippen LogP contribution in [0.4, 0.5) is 0 Å². The lowest BCUT2D eigenvalue weighted by molar-refractivity contribution is 0.767. The second-order valence-corrected chi connectivity index (χ2v) is 4.62. The van der Waals surface area contributed by atoms with Crippen molar-refractivity contribution in [3.63, 3.8) is 0 Å². The summed E-state index contributed by atoms with van der Waals surface area (Å²) in [4.78, 5) is 8.98. The molecule has 94 valence electrons. The topological polar surface area (TPSA) is 37.8 Å². The maximum Gasteiger partial charge on any atom is 0.133 e. The predicted molar refractivity (Wildman–Crippen MR) is 73.8 cm³/mol. The zero-order valence-electron chi connectivity index (χ0n) is 10.6. The van der Waals surface area contributed by atoms with Crippen LogP contribution >= 0.6 is 11.6 Å². The minimum absolute atomic E-state index is 0.665. The molecule has 2 rings (SSSR count). The van der Waals surface area contributed by atoms with Gasteiger partial charge in [0.2, 0.25) is 0 Å². The molecule has 0 aliphatic rings. The highest BCUT2D eigenvalue weighted by Gasteiger charge is 2.05. The van der Waals surface area contributed by atoms with Crippen molar-refractivity contribution in [2.45, 2.75) is 19.9 Å². The van der Waals surface area contributed by atoms with Crippen LogP contribution in [0.15, 0.2) is 30.3 Å². The van der Waals surface area contributed by atoms with Crippen molar-refractivity contribution in [2.75, 3.05) is 7.05 Å². The number of benzene rings is 1. The molecule has 1 aromatic carbocycles. The minimum atomic E-state index is 0.665. The summed E-state index contributed by atoms with van der Waals surface area (Å²) < 4.78 is 0. The van der Waals surface area contributed by atoms with Crippen LogP contribution in [0.5, 0.6) is 0 Å². The van der Waals surface area contributed by atoms with Crippen molar-refractivity contribution >= 4 is 11.6 Å².